The summed E-state index contributed by atoms with van der Waals surface area (Å²) in [6.07, 6.45) is 53.0. The Balaban J connectivity index is 5.15. The fourth-order valence-electron chi connectivity index (χ4n) is 11.3. The predicted octanol–water partition coefficient (Wildman–Crippen LogP) is 21.6. The Morgan fingerprint density at radius 1 is 0.312 bits per heavy atom. The van der Waals surface area contributed by atoms with E-state index in [1.165, 1.54) is 193 Å². The van der Waals surface area contributed by atoms with Crippen LogP contribution in [0.15, 0.2) is 0 Å². The maximum Gasteiger partial charge on any atom is 0.472 e. The number of unbranched alkanes of at least 4 members (excludes halogenated alkanes) is 42. The molecule has 93 heavy (non-hydrogen) atoms. The predicted molar refractivity (Wildman–Crippen MR) is 377 cm³/mol. The number of rotatable bonds is 73. The molecule has 0 aliphatic rings. The van der Waals surface area contributed by atoms with E-state index in [9.17, 15) is 43.2 Å². The van der Waals surface area contributed by atoms with Crippen molar-refractivity contribution < 1.29 is 80.2 Å². The third-order valence-corrected chi connectivity index (χ3v) is 19.5. The Bertz CT molecular complexity index is 1810. The van der Waals surface area contributed by atoms with E-state index in [-0.39, 0.29) is 25.7 Å². The summed E-state index contributed by atoms with van der Waals surface area (Å²) in [5.41, 5.74) is 0. The minimum Gasteiger partial charge on any atom is -0.462 e. The Morgan fingerprint density at radius 3 is 0.817 bits per heavy atom. The lowest BCUT2D eigenvalue weighted by Crippen LogP contribution is -2.30. The molecular formula is C74H144O17P2. The molecule has 0 aromatic heterocycles. The Hall–Kier alpha value is -1.94. The zero-order valence-electron chi connectivity index (χ0n) is 60.6. The molecule has 0 saturated heterocycles. The second kappa shape index (κ2) is 66.0. The fourth-order valence-corrected chi connectivity index (χ4v) is 12.8. The maximum absolute atomic E-state index is 13.1. The topological polar surface area (TPSA) is 237 Å². The molecule has 552 valence electrons. The van der Waals surface area contributed by atoms with Crippen molar-refractivity contribution in [2.24, 2.45) is 11.8 Å². The van der Waals surface area contributed by atoms with Crippen LogP contribution in [0.1, 0.15) is 382 Å². The lowest BCUT2D eigenvalue weighted by molar-refractivity contribution is -0.161. The summed E-state index contributed by atoms with van der Waals surface area (Å²) in [5, 5.41) is 10.6. The van der Waals surface area contributed by atoms with Gasteiger partial charge in [-0.05, 0) is 37.5 Å². The molecule has 6 atom stereocenters. The Morgan fingerprint density at radius 2 is 0.548 bits per heavy atom. The summed E-state index contributed by atoms with van der Waals surface area (Å²) in [6, 6.07) is 0. The molecule has 0 aromatic carbocycles. The molecule has 3 N–H and O–H groups in total. The van der Waals surface area contributed by atoms with Crippen molar-refractivity contribution in [3.63, 3.8) is 0 Å². The molecule has 0 aliphatic carbocycles. The van der Waals surface area contributed by atoms with Gasteiger partial charge in [0.05, 0.1) is 26.4 Å². The molecule has 19 heteroatoms. The molecule has 0 spiro atoms. The molecule has 0 radical (unpaired) electrons. The average Bonchev–Trinajstić information content (AvgIpc) is 3.18. The highest BCUT2D eigenvalue weighted by Gasteiger charge is 2.30. The van der Waals surface area contributed by atoms with E-state index in [0.717, 1.165) is 108 Å². The first-order valence-corrected chi connectivity index (χ1v) is 41.5. The summed E-state index contributed by atoms with van der Waals surface area (Å²) in [6.45, 7) is 9.55. The lowest BCUT2D eigenvalue weighted by atomic mass is 9.99. The van der Waals surface area contributed by atoms with E-state index in [2.05, 4.69) is 41.5 Å². The van der Waals surface area contributed by atoms with E-state index >= 15 is 0 Å². The number of phosphoric ester groups is 2. The summed E-state index contributed by atoms with van der Waals surface area (Å²) < 4.78 is 68.2. The zero-order valence-corrected chi connectivity index (χ0v) is 62.3. The van der Waals surface area contributed by atoms with Crippen LogP contribution in [0.25, 0.3) is 0 Å². The molecule has 0 saturated carbocycles. The molecule has 17 nitrogen and oxygen atoms in total. The van der Waals surface area contributed by atoms with Crippen LogP contribution in [-0.2, 0) is 65.4 Å². The second-order valence-electron chi connectivity index (χ2n) is 27.4. The summed E-state index contributed by atoms with van der Waals surface area (Å²) in [7, 11) is -9.90. The summed E-state index contributed by atoms with van der Waals surface area (Å²) in [5.74, 6) is -0.516. The largest absolute Gasteiger partial charge is 0.472 e. The third-order valence-electron chi connectivity index (χ3n) is 17.6. The van der Waals surface area contributed by atoms with Crippen LogP contribution < -0.4 is 0 Å². The summed E-state index contributed by atoms with van der Waals surface area (Å²) in [4.78, 5) is 72.5. The van der Waals surface area contributed by atoms with E-state index in [0.29, 0.717) is 25.7 Å². The van der Waals surface area contributed by atoms with Crippen molar-refractivity contribution in [3.8, 4) is 0 Å². The highest BCUT2D eigenvalue weighted by molar-refractivity contribution is 7.47. The number of hydrogen-bond donors (Lipinski definition) is 3. The smallest absolute Gasteiger partial charge is 0.462 e. The van der Waals surface area contributed by atoms with Crippen LogP contribution in [0.4, 0.5) is 0 Å². The molecule has 0 amide bonds. The second-order valence-corrected chi connectivity index (χ2v) is 30.3. The van der Waals surface area contributed by atoms with Crippen LogP contribution in [0.3, 0.4) is 0 Å². The van der Waals surface area contributed by atoms with Gasteiger partial charge in [-0.1, -0.05) is 330 Å². The minimum absolute atomic E-state index is 0.105. The van der Waals surface area contributed by atoms with Gasteiger partial charge < -0.3 is 33.8 Å². The van der Waals surface area contributed by atoms with Crippen molar-refractivity contribution in [3.05, 3.63) is 0 Å². The number of ether oxygens (including phenoxy) is 4. The molecule has 3 unspecified atom stereocenters. The van der Waals surface area contributed by atoms with E-state index in [1.807, 2.05) is 0 Å². The van der Waals surface area contributed by atoms with Crippen LogP contribution in [0.2, 0.25) is 0 Å². The normalized spacial score (nSPS) is 14.3. The van der Waals surface area contributed by atoms with Gasteiger partial charge >= 0.3 is 39.5 Å². The first-order chi connectivity index (χ1) is 44.9. The molecule has 0 fully saturated rings. The number of esters is 4. The van der Waals surface area contributed by atoms with Crippen LogP contribution in [0.5, 0.6) is 0 Å². The first-order valence-electron chi connectivity index (χ1n) is 38.5. The molecule has 0 aromatic rings. The molecular weight excluding hydrogens is 1220 g/mol. The molecule has 0 bridgehead atoms. The van der Waals surface area contributed by atoms with Crippen molar-refractivity contribution in [1.82, 2.24) is 0 Å². The highest BCUT2D eigenvalue weighted by atomic mass is 31.2. The monoisotopic (exact) mass is 1370 g/mol. The highest BCUT2D eigenvalue weighted by Crippen LogP contribution is 2.45. The van der Waals surface area contributed by atoms with Crippen LogP contribution in [0, 0.1) is 11.8 Å². The number of aliphatic hydroxyl groups excluding tert-OH is 1. The van der Waals surface area contributed by atoms with Crippen molar-refractivity contribution in [2.75, 3.05) is 39.6 Å². The quantitative estimate of drug-likeness (QED) is 0.0222. The van der Waals surface area contributed by atoms with Gasteiger partial charge in [0, 0.05) is 25.7 Å². The Kier molecular flexibility index (Phi) is 64.6. The zero-order chi connectivity index (χ0) is 68.6. The standard InChI is InChI=1S/C74H144O17P2/c1-7-10-12-14-15-16-17-18-21-25-28-34-39-45-51-57-72(77)85-63-70(91-74(79)58-52-46-40-35-29-26-23-20-19-22-24-27-32-37-43-48-54-66(4)5)65-89-93(82,83)87-61-68(75)60-86-92(80,81)88-64-69(62-84-71(76)56-50-42-13-11-8-2)90-73(78)59-53-47-41-36-31-30-33-38-44-49-55-67(6)9-3/h66-70,75H,7-65H2,1-6H3,(H,80,81)(H,82,83)/t67?,68-,69+,70+/m0/s1. The third kappa shape index (κ3) is 67.0. The minimum atomic E-state index is -4.95. The van der Waals surface area contributed by atoms with Gasteiger partial charge in [0.1, 0.15) is 19.3 Å². The lowest BCUT2D eigenvalue weighted by Gasteiger charge is -2.21. The van der Waals surface area contributed by atoms with Gasteiger partial charge in [-0.2, -0.15) is 0 Å². The van der Waals surface area contributed by atoms with Crippen molar-refractivity contribution >= 4 is 39.5 Å². The number of aliphatic hydroxyl groups is 1. The Labute approximate surface area is 568 Å². The average molecular weight is 1370 g/mol. The number of hydrogen-bond acceptors (Lipinski definition) is 15. The van der Waals surface area contributed by atoms with Gasteiger partial charge in [0.25, 0.3) is 0 Å². The van der Waals surface area contributed by atoms with Gasteiger partial charge in [-0.25, -0.2) is 9.13 Å². The number of carbonyl (C=O) groups is 4. The molecule has 0 aliphatic heterocycles. The number of phosphoric acid groups is 2. The van der Waals surface area contributed by atoms with Gasteiger partial charge in [-0.15, -0.1) is 0 Å². The van der Waals surface area contributed by atoms with Gasteiger partial charge in [-0.3, -0.25) is 37.3 Å². The fraction of sp³-hybridized carbons (Fsp3) is 0.946. The van der Waals surface area contributed by atoms with E-state index < -0.39 is 97.5 Å². The van der Waals surface area contributed by atoms with Crippen molar-refractivity contribution in [1.29, 1.82) is 0 Å². The van der Waals surface area contributed by atoms with Gasteiger partial charge in [0.15, 0.2) is 12.2 Å². The van der Waals surface area contributed by atoms with Crippen LogP contribution in [-0.4, -0.2) is 96.7 Å². The summed E-state index contributed by atoms with van der Waals surface area (Å²) >= 11 is 0. The van der Waals surface area contributed by atoms with Crippen LogP contribution >= 0.6 is 15.6 Å². The molecule has 0 rings (SSSR count). The van der Waals surface area contributed by atoms with E-state index in [4.69, 9.17) is 37.0 Å². The van der Waals surface area contributed by atoms with Crippen molar-refractivity contribution in [2.45, 2.75) is 400 Å². The maximum atomic E-state index is 13.1. The first kappa shape index (κ1) is 91.1. The SMILES string of the molecule is CCCCCCCCCCCCCCCCCC(=O)OC[C@H](COP(=O)(O)OC[C@@H](O)COP(=O)(O)OC[C@@H](COC(=O)CCCCCCC)OC(=O)CCCCCCCCCCCCC(C)CC)OC(=O)CCCCCCCCCCCCCCCCCCC(C)C. The number of carbonyl (C=O) groups excluding carboxylic acids is 4. The molecule has 0 heterocycles. The van der Waals surface area contributed by atoms with Gasteiger partial charge in [0.2, 0.25) is 0 Å². The van der Waals surface area contributed by atoms with E-state index in [1.54, 1.807) is 0 Å².